The van der Waals surface area contributed by atoms with E-state index >= 15 is 0 Å². The molecule has 0 N–H and O–H groups in total. The highest BCUT2D eigenvalue weighted by Crippen LogP contribution is 2.08. The van der Waals surface area contributed by atoms with Gasteiger partial charge in [0.1, 0.15) is 5.78 Å². The van der Waals surface area contributed by atoms with Gasteiger partial charge in [0.15, 0.2) is 0 Å². The zero-order chi connectivity index (χ0) is 12.0. The number of Topliss-reactive ketones (excluding diaryl/α,β-unsaturated/α-hetero) is 1. The van der Waals surface area contributed by atoms with E-state index in [-0.39, 0.29) is 11.9 Å². The molecule has 16 heavy (non-hydrogen) atoms. The molecule has 1 unspecified atom stereocenters. The van der Waals surface area contributed by atoms with Gasteiger partial charge in [0.05, 0.1) is 6.10 Å². The number of carbonyl (C=O) groups excluding carboxylic acids is 1. The zero-order valence-corrected chi connectivity index (χ0v) is 10.3. The first-order valence-corrected chi connectivity index (χ1v) is 5.78. The average Bonchev–Trinajstić information content (AvgIpc) is 2.29. The third-order valence-electron chi connectivity index (χ3n) is 2.75. The molecular formula is C14H20O2. The molecular weight excluding hydrogens is 200 g/mol. The Balaban J connectivity index is 2.49. The molecule has 0 fully saturated rings. The van der Waals surface area contributed by atoms with Gasteiger partial charge in [-0.25, -0.2) is 0 Å². The molecule has 1 atom stereocenters. The Bertz CT molecular complexity index is 327. The standard InChI is InChI=1S/C14H20O2/c1-4-12-5-7-13(8-6-12)10-14(15)9-11(2)16-3/h5-8,11H,4,9-10H2,1-3H3. The molecule has 88 valence electrons. The van der Waals surface area contributed by atoms with Gasteiger partial charge < -0.3 is 4.74 Å². The third-order valence-corrected chi connectivity index (χ3v) is 2.75. The van der Waals surface area contributed by atoms with Crippen molar-refractivity contribution in [2.75, 3.05) is 7.11 Å². The molecule has 0 saturated heterocycles. The fraction of sp³-hybridized carbons (Fsp3) is 0.500. The number of benzene rings is 1. The minimum atomic E-state index is 0.0161. The number of carbonyl (C=O) groups is 1. The van der Waals surface area contributed by atoms with Crippen LogP contribution in [0.1, 0.15) is 31.4 Å². The summed E-state index contributed by atoms with van der Waals surface area (Å²) >= 11 is 0. The van der Waals surface area contributed by atoms with E-state index < -0.39 is 0 Å². The van der Waals surface area contributed by atoms with Crippen molar-refractivity contribution >= 4 is 5.78 Å². The molecule has 0 heterocycles. The Morgan fingerprint density at radius 3 is 2.31 bits per heavy atom. The SMILES string of the molecule is CCc1ccc(CC(=O)CC(C)OC)cc1. The third kappa shape index (κ3) is 4.15. The maximum Gasteiger partial charge on any atom is 0.139 e. The lowest BCUT2D eigenvalue weighted by molar-refractivity contribution is -0.120. The van der Waals surface area contributed by atoms with Gasteiger partial charge in [-0.1, -0.05) is 31.2 Å². The second kappa shape index (κ2) is 6.44. The molecule has 0 saturated carbocycles. The first-order valence-electron chi connectivity index (χ1n) is 5.78. The number of aryl methyl sites for hydroxylation is 1. The van der Waals surface area contributed by atoms with E-state index in [2.05, 4.69) is 19.1 Å². The predicted molar refractivity (Wildman–Crippen MR) is 65.6 cm³/mol. The fourth-order valence-corrected chi connectivity index (χ4v) is 1.60. The second-order valence-electron chi connectivity index (χ2n) is 4.14. The van der Waals surface area contributed by atoms with Crippen LogP contribution >= 0.6 is 0 Å². The van der Waals surface area contributed by atoms with Crippen LogP contribution in [0, 0.1) is 0 Å². The van der Waals surface area contributed by atoms with Crippen molar-refractivity contribution in [3.05, 3.63) is 35.4 Å². The summed E-state index contributed by atoms with van der Waals surface area (Å²) in [5.41, 5.74) is 2.40. The van der Waals surface area contributed by atoms with Gasteiger partial charge in [0.25, 0.3) is 0 Å². The van der Waals surface area contributed by atoms with Gasteiger partial charge in [-0.15, -0.1) is 0 Å². The smallest absolute Gasteiger partial charge is 0.139 e. The molecule has 0 amide bonds. The van der Waals surface area contributed by atoms with E-state index in [9.17, 15) is 4.79 Å². The molecule has 0 spiro atoms. The van der Waals surface area contributed by atoms with E-state index in [0.29, 0.717) is 12.8 Å². The van der Waals surface area contributed by atoms with E-state index in [1.807, 2.05) is 19.1 Å². The Kier molecular flexibility index (Phi) is 5.20. The summed E-state index contributed by atoms with van der Waals surface area (Å²) in [7, 11) is 1.63. The van der Waals surface area contributed by atoms with Crippen LogP contribution in [-0.2, 0) is 22.4 Å². The Morgan fingerprint density at radius 2 is 1.81 bits per heavy atom. The molecule has 0 aliphatic rings. The molecule has 0 aliphatic heterocycles. The minimum Gasteiger partial charge on any atom is -0.381 e. The lowest BCUT2D eigenvalue weighted by Gasteiger charge is -2.08. The Labute approximate surface area is 97.6 Å². The highest BCUT2D eigenvalue weighted by molar-refractivity contribution is 5.81. The molecule has 1 aromatic rings. The first-order chi connectivity index (χ1) is 7.65. The minimum absolute atomic E-state index is 0.0161. The van der Waals surface area contributed by atoms with Crippen LogP contribution in [0.3, 0.4) is 0 Å². The van der Waals surface area contributed by atoms with Crippen LogP contribution < -0.4 is 0 Å². The zero-order valence-electron chi connectivity index (χ0n) is 10.3. The summed E-state index contributed by atoms with van der Waals surface area (Å²) in [4.78, 5) is 11.7. The molecule has 1 aromatic carbocycles. The summed E-state index contributed by atoms with van der Waals surface area (Å²) in [5.74, 6) is 0.235. The van der Waals surface area contributed by atoms with Crippen molar-refractivity contribution in [1.82, 2.24) is 0 Å². The summed E-state index contributed by atoms with van der Waals surface area (Å²) in [6.45, 7) is 4.04. The first kappa shape index (κ1) is 12.9. The number of hydrogen-bond acceptors (Lipinski definition) is 2. The fourth-order valence-electron chi connectivity index (χ4n) is 1.60. The van der Waals surface area contributed by atoms with E-state index in [4.69, 9.17) is 4.74 Å². The highest BCUT2D eigenvalue weighted by Gasteiger charge is 2.08. The van der Waals surface area contributed by atoms with Gasteiger partial charge in [-0.3, -0.25) is 4.79 Å². The molecule has 0 bridgehead atoms. The second-order valence-corrected chi connectivity index (χ2v) is 4.14. The van der Waals surface area contributed by atoms with Crippen LogP contribution in [0.5, 0.6) is 0 Å². The number of hydrogen-bond donors (Lipinski definition) is 0. The lowest BCUT2D eigenvalue weighted by Crippen LogP contribution is -2.13. The van der Waals surface area contributed by atoms with Crippen LogP contribution in [0.15, 0.2) is 24.3 Å². The van der Waals surface area contributed by atoms with E-state index in [1.165, 1.54) is 5.56 Å². The highest BCUT2D eigenvalue weighted by atomic mass is 16.5. The van der Waals surface area contributed by atoms with Crippen molar-refractivity contribution < 1.29 is 9.53 Å². The van der Waals surface area contributed by atoms with Crippen molar-refractivity contribution in [1.29, 1.82) is 0 Å². The Hall–Kier alpha value is -1.15. The molecule has 2 nitrogen and oxygen atoms in total. The molecule has 1 rings (SSSR count). The monoisotopic (exact) mass is 220 g/mol. The summed E-state index contributed by atoms with van der Waals surface area (Å²) in [5, 5.41) is 0. The maximum atomic E-state index is 11.7. The molecule has 0 aromatic heterocycles. The van der Waals surface area contributed by atoms with Crippen molar-refractivity contribution in [3.63, 3.8) is 0 Å². The van der Waals surface area contributed by atoms with Gasteiger partial charge in [-0.05, 0) is 24.5 Å². The lowest BCUT2D eigenvalue weighted by atomic mass is 10.0. The summed E-state index contributed by atoms with van der Waals surface area (Å²) in [6.07, 6.45) is 2.06. The van der Waals surface area contributed by atoms with Crippen LogP contribution in [0.25, 0.3) is 0 Å². The predicted octanol–water partition coefficient (Wildman–Crippen LogP) is 2.79. The van der Waals surface area contributed by atoms with E-state index in [1.54, 1.807) is 7.11 Å². The number of ketones is 1. The van der Waals surface area contributed by atoms with Crippen LogP contribution in [0.2, 0.25) is 0 Å². The van der Waals surface area contributed by atoms with Crippen molar-refractivity contribution in [3.8, 4) is 0 Å². The Morgan fingerprint density at radius 1 is 1.25 bits per heavy atom. The largest absolute Gasteiger partial charge is 0.381 e. The van der Waals surface area contributed by atoms with Gasteiger partial charge in [0, 0.05) is 20.0 Å². The van der Waals surface area contributed by atoms with Gasteiger partial charge in [-0.2, -0.15) is 0 Å². The number of ether oxygens (including phenoxy) is 1. The van der Waals surface area contributed by atoms with Crippen LogP contribution in [-0.4, -0.2) is 19.0 Å². The quantitative estimate of drug-likeness (QED) is 0.737. The topological polar surface area (TPSA) is 26.3 Å². The number of methoxy groups -OCH3 is 1. The van der Waals surface area contributed by atoms with Gasteiger partial charge >= 0.3 is 0 Å². The average molecular weight is 220 g/mol. The van der Waals surface area contributed by atoms with Crippen molar-refractivity contribution in [2.45, 2.75) is 39.2 Å². The molecule has 0 radical (unpaired) electrons. The van der Waals surface area contributed by atoms with Crippen LogP contribution in [0.4, 0.5) is 0 Å². The van der Waals surface area contributed by atoms with Gasteiger partial charge in [0.2, 0.25) is 0 Å². The van der Waals surface area contributed by atoms with Crippen molar-refractivity contribution in [2.24, 2.45) is 0 Å². The summed E-state index contributed by atoms with van der Waals surface area (Å²) in [6, 6.07) is 8.24. The number of rotatable bonds is 6. The van der Waals surface area contributed by atoms with E-state index in [0.717, 1.165) is 12.0 Å². The normalized spacial score (nSPS) is 12.4. The molecule has 0 aliphatic carbocycles. The molecule has 2 heteroatoms. The maximum absolute atomic E-state index is 11.7. The summed E-state index contributed by atoms with van der Waals surface area (Å²) < 4.78 is 5.07.